The van der Waals surface area contributed by atoms with E-state index in [1.54, 1.807) is 0 Å². The Kier molecular flexibility index (Phi) is 7.83. The highest BCUT2D eigenvalue weighted by molar-refractivity contribution is 6.22. The molecule has 1 heteroatoms. The van der Waals surface area contributed by atoms with Gasteiger partial charge in [0.05, 0.1) is 5.41 Å². The van der Waals surface area contributed by atoms with Crippen molar-refractivity contribution in [1.29, 1.82) is 0 Å². The summed E-state index contributed by atoms with van der Waals surface area (Å²) in [6, 6.07) is 84.2. The van der Waals surface area contributed by atoms with Gasteiger partial charge in [-0.05, 0) is 101 Å². The predicted molar refractivity (Wildman–Crippen MR) is 250 cm³/mol. The number of hydrogen-bond acceptors (Lipinski definition) is 1. The first-order valence-corrected chi connectivity index (χ1v) is 20.8. The van der Waals surface area contributed by atoms with Crippen molar-refractivity contribution in [2.24, 2.45) is 0 Å². The molecule has 0 saturated carbocycles. The van der Waals surface area contributed by atoms with Crippen molar-refractivity contribution in [3.8, 4) is 55.8 Å². The Labute approximate surface area is 349 Å². The lowest BCUT2D eigenvalue weighted by Crippen LogP contribution is -2.28. The third-order valence-corrected chi connectivity index (χ3v) is 12.7. The van der Waals surface area contributed by atoms with Crippen LogP contribution in [0.15, 0.2) is 235 Å². The zero-order chi connectivity index (χ0) is 39.6. The van der Waals surface area contributed by atoms with Gasteiger partial charge in [0.1, 0.15) is 11.3 Å². The van der Waals surface area contributed by atoms with Crippen molar-refractivity contribution in [1.82, 2.24) is 0 Å². The van der Waals surface area contributed by atoms with Crippen LogP contribution in [0.4, 0.5) is 0 Å². The molecule has 280 valence electrons. The lowest BCUT2D eigenvalue weighted by molar-refractivity contribution is 0.628. The molecule has 1 heterocycles. The maximum Gasteiger partial charge on any atom is 0.140 e. The van der Waals surface area contributed by atoms with E-state index in [1.165, 1.54) is 88.3 Å². The Bertz CT molecular complexity index is 3320. The molecule has 1 nitrogen and oxygen atoms in total. The van der Waals surface area contributed by atoms with Crippen LogP contribution in [0.3, 0.4) is 0 Å². The van der Waals surface area contributed by atoms with Gasteiger partial charge in [-0.15, -0.1) is 0 Å². The highest BCUT2D eigenvalue weighted by atomic mass is 16.3. The molecule has 12 rings (SSSR count). The van der Waals surface area contributed by atoms with E-state index in [1.807, 2.05) is 0 Å². The summed E-state index contributed by atoms with van der Waals surface area (Å²) in [6.07, 6.45) is 0. The average molecular weight is 763 g/mol. The van der Waals surface area contributed by atoms with Gasteiger partial charge in [-0.3, -0.25) is 0 Å². The second-order valence-electron chi connectivity index (χ2n) is 15.9. The van der Waals surface area contributed by atoms with Gasteiger partial charge in [-0.2, -0.15) is 0 Å². The van der Waals surface area contributed by atoms with Gasteiger partial charge in [0.25, 0.3) is 0 Å². The molecule has 0 atom stereocenters. The lowest BCUT2D eigenvalue weighted by Gasteiger charge is -2.33. The Balaban J connectivity index is 1.13. The van der Waals surface area contributed by atoms with E-state index >= 15 is 0 Å². The van der Waals surface area contributed by atoms with Crippen molar-refractivity contribution >= 4 is 32.5 Å². The van der Waals surface area contributed by atoms with Crippen LogP contribution in [0.25, 0.3) is 88.3 Å². The number of para-hydroxylation sites is 1. The van der Waals surface area contributed by atoms with Crippen molar-refractivity contribution in [3.05, 3.63) is 253 Å². The van der Waals surface area contributed by atoms with E-state index < -0.39 is 5.41 Å². The van der Waals surface area contributed by atoms with Gasteiger partial charge in [-0.1, -0.05) is 212 Å². The highest BCUT2D eigenvalue weighted by Gasteiger charge is 2.49. The fraction of sp³-hybridized carbons (Fsp3) is 0.0169. The molecule has 0 amide bonds. The SMILES string of the molecule is c1ccc(-c2cccc(-c3ccccc3-c3c4ccccc4c(-c4ccc5c(c4)C(c4ccccc4)(c4ccccc4)c4c-5oc5ccccc45)c4ccccc34)c2)cc1. The molecular weight excluding hydrogens is 725 g/mol. The predicted octanol–water partition coefficient (Wildman–Crippen LogP) is 15.8. The van der Waals surface area contributed by atoms with Crippen molar-refractivity contribution in [2.45, 2.75) is 5.41 Å². The Hall–Kier alpha value is -7.74. The summed E-state index contributed by atoms with van der Waals surface area (Å²) in [6.45, 7) is 0. The molecule has 0 N–H and O–H groups in total. The number of rotatable bonds is 6. The number of fused-ring (bicyclic) bond motifs is 7. The van der Waals surface area contributed by atoms with Gasteiger partial charge >= 0.3 is 0 Å². The number of benzene rings is 10. The summed E-state index contributed by atoms with van der Waals surface area (Å²) in [4.78, 5) is 0. The molecule has 0 fully saturated rings. The van der Waals surface area contributed by atoms with E-state index in [9.17, 15) is 0 Å². The monoisotopic (exact) mass is 762 g/mol. The van der Waals surface area contributed by atoms with Gasteiger partial charge in [-0.25, -0.2) is 0 Å². The minimum Gasteiger partial charge on any atom is -0.456 e. The third-order valence-electron chi connectivity index (χ3n) is 12.7. The molecule has 0 aliphatic heterocycles. The maximum atomic E-state index is 6.87. The molecule has 11 aromatic rings. The molecule has 0 spiro atoms. The summed E-state index contributed by atoms with van der Waals surface area (Å²) in [5.41, 5.74) is 16.1. The average Bonchev–Trinajstić information content (AvgIpc) is 3.85. The first-order chi connectivity index (χ1) is 29.8. The molecular formula is C59H38O. The van der Waals surface area contributed by atoms with Gasteiger partial charge in [0.2, 0.25) is 0 Å². The van der Waals surface area contributed by atoms with Crippen LogP contribution >= 0.6 is 0 Å². The number of hydrogen-bond donors (Lipinski definition) is 0. The maximum absolute atomic E-state index is 6.87. The van der Waals surface area contributed by atoms with Crippen LogP contribution in [-0.2, 0) is 5.41 Å². The molecule has 0 saturated heterocycles. The first-order valence-electron chi connectivity index (χ1n) is 20.8. The quantitative estimate of drug-likeness (QED) is 0.154. The minimum absolute atomic E-state index is 0.603. The van der Waals surface area contributed by atoms with Gasteiger partial charge in [0.15, 0.2) is 0 Å². The molecule has 0 unspecified atom stereocenters. The van der Waals surface area contributed by atoms with Crippen LogP contribution in [0, 0.1) is 0 Å². The van der Waals surface area contributed by atoms with E-state index in [4.69, 9.17) is 4.42 Å². The fourth-order valence-electron chi connectivity index (χ4n) is 10.3. The number of furan rings is 1. The van der Waals surface area contributed by atoms with Crippen LogP contribution in [-0.4, -0.2) is 0 Å². The van der Waals surface area contributed by atoms with E-state index in [2.05, 4.69) is 231 Å². The zero-order valence-corrected chi connectivity index (χ0v) is 32.8. The van der Waals surface area contributed by atoms with Gasteiger partial charge in [0, 0.05) is 16.5 Å². The second-order valence-corrected chi connectivity index (χ2v) is 15.9. The van der Waals surface area contributed by atoms with Crippen LogP contribution in [0.5, 0.6) is 0 Å². The molecule has 0 radical (unpaired) electrons. The largest absolute Gasteiger partial charge is 0.456 e. The molecule has 1 aliphatic rings. The molecule has 1 aromatic heterocycles. The van der Waals surface area contributed by atoms with E-state index in [0.717, 1.165) is 22.3 Å². The summed E-state index contributed by atoms with van der Waals surface area (Å²) in [5.74, 6) is 0.948. The summed E-state index contributed by atoms with van der Waals surface area (Å²) < 4.78 is 6.87. The van der Waals surface area contributed by atoms with Gasteiger partial charge < -0.3 is 4.42 Å². The van der Waals surface area contributed by atoms with E-state index in [-0.39, 0.29) is 0 Å². The third kappa shape index (κ3) is 5.06. The van der Waals surface area contributed by atoms with Crippen molar-refractivity contribution in [3.63, 3.8) is 0 Å². The Morgan fingerprint density at radius 3 is 1.45 bits per heavy atom. The van der Waals surface area contributed by atoms with Crippen molar-refractivity contribution in [2.75, 3.05) is 0 Å². The molecule has 10 aromatic carbocycles. The second kappa shape index (κ2) is 13.7. The highest BCUT2D eigenvalue weighted by Crippen LogP contribution is 2.60. The summed E-state index contributed by atoms with van der Waals surface area (Å²) >= 11 is 0. The smallest absolute Gasteiger partial charge is 0.140 e. The topological polar surface area (TPSA) is 13.1 Å². The van der Waals surface area contributed by atoms with Crippen LogP contribution in [0.2, 0.25) is 0 Å². The van der Waals surface area contributed by atoms with Crippen LogP contribution < -0.4 is 0 Å². The molecule has 0 bridgehead atoms. The first kappa shape index (κ1) is 34.3. The Morgan fingerprint density at radius 1 is 0.300 bits per heavy atom. The lowest BCUT2D eigenvalue weighted by atomic mass is 9.67. The van der Waals surface area contributed by atoms with E-state index in [0.29, 0.717) is 0 Å². The summed E-state index contributed by atoms with van der Waals surface area (Å²) in [7, 11) is 0. The molecule has 60 heavy (non-hydrogen) atoms. The standard InChI is InChI=1S/C59H38O/c1-4-19-39(20-5-1)40-21-18-22-41(37-40)45-27-10-11-28-46(45)56-49-31-14-12-29-47(49)55(48-30-13-15-32-50(48)56)42-35-36-51-53(38-42)59(43-23-6-2-7-24-43,44-25-8-3-9-26-44)57-52-33-16-17-34-54(52)60-58(51)57/h1-38H. The molecule has 1 aliphatic carbocycles. The zero-order valence-electron chi connectivity index (χ0n) is 32.8. The fourth-order valence-corrected chi connectivity index (χ4v) is 10.3. The van der Waals surface area contributed by atoms with Crippen LogP contribution in [0.1, 0.15) is 22.3 Å². The minimum atomic E-state index is -0.603. The normalized spacial score (nSPS) is 12.8. The Morgan fingerprint density at radius 2 is 0.800 bits per heavy atom. The van der Waals surface area contributed by atoms with Crippen molar-refractivity contribution < 1.29 is 4.42 Å². The summed E-state index contributed by atoms with van der Waals surface area (Å²) in [5, 5.41) is 6.06.